The van der Waals surface area contributed by atoms with Gasteiger partial charge < -0.3 is 4.74 Å². The molecule has 13 heavy (non-hydrogen) atoms. The van der Waals surface area contributed by atoms with Crippen LogP contribution in [0.5, 0.6) is 0 Å². The van der Waals surface area contributed by atoms with Crippen molar-refractivity contribution in [2.75, 3.05) is 0 Å². The summed E-state index contributed by atoms with van der Waals surface area (Å²) in [5.41, 5.74) is 0.165. The smallest absolute Gasteiger partial charge is 0.135 e. The van der Waals surface area contributed by atoms with Crippen LogP contribution in [0.15, 0.2) is 0 Å². The molecule has 1 aliphatic rings. The standard InChI is InChI=1S/C11H20O2/c1-8(2)13-10-7-9(12)5-6-11(10,3)4/h8,10H,5-7H2,1-4H3. The lowest BCUT2D eigenvalue weighted by Crippen LogP contribution is -2.40. The molecule has 0 aromatic rings. The number of carbonyl (C=O) groups excluding carboxylic acids is 1. The molecule has 2 nitrogen and oxygen atoms in total. The minimum Gasteiger partial charge on any atom is -0.375 e. The molecule has 0 aromatic carbocycles. The molecule has 0 heterocycles. The molecule has 76 valence electrons. The maximum Gasteiger partial charge on any atom is 0.135 e. The molecule has 0 saturated heterocycles. The molecule has 0 radical (unpaired) electrons. The second kappa shape index (κ2) is 3.79. The SMILES string of the molecule is CC(C)OC1CC(=O)CCC1(C)C. The predicted octanol–water partition coefficient (Wildman–Crippen LogP) is 2.56. The van der Waals surface area contributed by atoms with Gasteiger partial charge in [0, 0.05) is 12.8 Å². The third-order valence-electron chi connectivity index (χ3n) is 2.77. The molecule has 0 bridgehead atoms. The van der Waals surface area contributed by atoms with Crippen LogP contribution in [-0.4, -0.2) is 18.0 Å². The van der Waals surface area contributed by atoms with Gasteiger partial charge in [0.2, 0.25) is 0 Å². The first-order valence-corrected chi connectivity index (χ1v) is 5.09. The lowest BCUT2D eigenvalue weighted by molar-refractivity contribution is -0.135. The Balaban J connectivity index is 2.61. The molecule has 2 heteroatoms. The summed E-state index contributed by atoms with van der Waals surface area (Å²) in [6.45, 7) is 8.42. The summed E-state index contributed by atoms with van der Waals surface area (Å²) in [6, 6.07) is 0. The van der Waals surface area contributed by atoms with Crippen LogP contribution in [0.25, 0.3) is 0 Å². The summed E-state index contributed by atoms with van der Waals surface area (Å²) in [4.78, 5) is 11.3. The van der Waals surface area contributed by atoms with Crippen molar-refractivity contribution in [2.24, 2.45) is 5.41 Å². The van der Waals surface area contributed by atoms with E-state index in [-0.39, 0.29) is 17.6 Å². The van der Waals surface area contributed by atoms with E-state index in [9.17, 15) is 4.79 Å². The highest BCUT2D eigenvalue weighted by molar-refractivity contribution is 5.79. The van der Waals surface area contributed by atoms with E-state index in [4.69, 9.17) is 4.74 Å². The number of ketones is 1. The maximum absolute atomic E-state index is 11.3. The van der Waals surface area contributed by atoms with E-state index < -0.39 is 0 Å². The van der Waals surface area contributed by atoms with Crippen LogP contribution in [0.4, 0.5) is 0 Å². The van der Waals surface area contributed by atoms with Gasteiger partial charge in [-0.1, -0.05) is 13.8 Å². The van der Waals surface area contributed by atoms with E-state index in [1.807, 2.05) is 13.8 Å². The second-order valence-electron chi connectivity index (χ2n) is 4.90. The van der Waals surface area contributed by atoms with Crippen LogP contribution in [-0.2, 0) is 9.53 Å². The van der Waals surface area contributed by atoms with Crippen molar-refractivity contribution in [1.29, 1.82) is 0 Å². The summed E-state index contributed by atoms with van der Waals surface area (Å²) >= 11 is 0. The van der Waals surface area contributed by atoms with E-state index in [2.05, 4.69) is 13.8 Å². The van der Waals surface area contributed by atoms with Gasteiger partial charge in [-0.25, -0.2) is 0 Å². The molecule has 1 aliphatic carbocycles. The zero-order valence-electron chi connectivity index (χ0n) is 9.09. The van der Waals surface area contributed by atoms with Gasteiger partial charge in [0.15, 0.2) is 0 Å². The molecular formula is C11H20O2. The van der Waals surface area contributed by atoms with E-state index in [0.717, 1.165) is 12.8 Å². The molecular weight excluding hydrogens is 164 g/mol. The highest BCUT2D eigenvalue weighted by atomic mass is 16.5. The monoisotopic (exact) mass is 184 g/mol. The van der Waals surface area contributed by atoms with Crippen LogP contribution >= 0.6 is 0 Å². The first-order valence-electron chi connectivity index (χ1n) is 5.09. The third kappa shape index (κ3) is 2.80. The lowest BCUT2D eigenvalue weighted by atomic mass is 9.74. The van der Waals surface area contributed by atoms with E-state index in [0.29, 0.717) is 12.2 Å². The zero-order valence-corrected chi connectivity index (χ0v) is 9.09. The molecule has 0 aromatic heterocycles. The van der Waals surface area contributed by atoms with Crippen molar-refractivity contribution in [3.05, 3.63) is 0 Å². The Kier molecular flexibility index (Phi) is 3.12. The Labute approximate surface area is 80.7 Å². The fraction of sp³-hybridized carbons (Fsp3) is 0.909. The molecule has 1 rings (SSSR count). The van der Waals surface area contributed by atoms with E-state index >= 15 is 0 Å². The largest absolute Gasteiger partial charge is 0.375 e. The Bertz CT molecular complexity index is 194. The van der Waals surface area contributed by atoms with E-state index in [1.165, 1.54) is 0 Å². The normalized spacial score (nSPS) is 28.1. The van der Waals surface area contributed by atoms with E-state index in [1.54, 1.807) is 0 Å². The van der Waals surface area contributed by atoms with Crippen molar-refractivity contribution in [3.63, 3.8) is 0 Å². The first kappa shape index (κ1) is 10.7. The molecule has 0 aliphatic heterocycles. The number of Topliss-reactive ketones (excluding diaryl/α,β-unsaturated/α-hetero) is 1. The molecule has 1 fully saturated rings. The molecule has 0 spiro atoms. The predicted molar refractivity (Wildman–Crippen MR) is 52.6 cm³/mol. The quantitative estimate of drug-likeness (QED) is 0.659. The lowest BCUT2D eigenvalue weighted by Gasteiger charge is -2.38. The first-order chi connectivity index (χ1) is 5.92. The highest BCUT2D eigenvalue weighted by Gasteiger charge is 2.36. The van der Waals surface area contributed by atoms with Gasteiger partial charge in [-0.05, 0) is 25.7 Å². The average Bonchev–Trinajstić information content (AvgIpc) is 1.97. The molecule has 0 N–H and O–H groups in total. The minimum atomic E-state index is 0.119. The fourth-order valence-electron chi connectivity index (χ4n) is 1.77. The summed E-state index contributed by atoms with van der Waals surface area (Å²) in [7, 11) is 0. The Morgan fingerprint density at radius 1 is 1.46 bits per heavy atom. The van der Waals surface area contributed by atoms with Crippen LogP contribution in [0.2, 0.25) is 0 Å². The topological polar surface area (TPSA) is 26.3 Å². The fourth-order valence-corrected chi connectivity index (χ4v) is 1.77. The van der Waals surface area contributed by atoms with Gasteiger partial charge in [-0.2, -0.15) is 0 Å². The van der Waals surface area contributed by atoms with Gasteiger partial charge in [0.1, 0.15) is 5.78 Å². The molecule has 1 saturated carbocycles. The second-order valence-corrected chi connectivity index (χ2v) is 4.90. The van der Waals surface area contributed by atoms with Gasteiger partial charge in [0.05, 0.1) is 12.2 Å². The van der Waals surface area contributed by atoms with Crippen molar-refractivity contribution in [3.8, 4) is 0 Å². The van der Waals surface area contributed by atoms with Crippen molar-refractivity contribution >= 4 is 5.78 Å². The highest BCUT2D eigenvalue weighted by Crippen LogP contribution is 2.36. The van der Waals surface area contributed by atoms with Crippen molar-refractivity contribution in [1.82, 2.24) is 0 Å². The number of hydrogen-bond donors (Lipinski definition) is 0. The number of carbonyl (C=O) groups is 1. The Morgan fingerprint density at radius 3 is 2.62 bits per heavy atom. The van der Waals surface area contributed by atoms with Crippen LogP contribution < -0.4 is 0 Å². The Hall–Kier alpha value is -0.370. The number of rotatable bonds is 2. The van der Waals surface area contributed by atoms with Crippen molar-refractivity contribution < 1.29 is 9.53 Å². The summed E-state index contributed by atoms with van der Waals surface area (Å²) in [5, 5.41) is 0. The van der Waals surface area contributed by atoms with Gasteiger partial charge in [0.25, 0.3) is 0 Å². The number of ether oxygens (including phenoxy) is 1. The van der Waals surface area contributed by atoms with Crippen molar-refractivity contribution in [2.45, 2.75) is 59.2 Å². The molecule has 1 unspecified atom stereocenters. The third-order valence-corrected chi connectivity index (χ3v) is 2.77. The van der Waals surface area contributed by atoms with Gasteiger partial charge in [-0.3, -0.25) is 4.79 Å². The summed E-state index contributed by atoms with van der Waals surface area (Å²) in [5.74, 6) is 0.352. The van der Waals surface area contributed by atoms with Crippen LogP contribution in [0.3, 0.4) is 0 Å². The average molecular weight is 184 g/mol. The van der Waals surface area contributed by atoms with Crippen LogP contribution in [0, 0.1) is 5.41 Å². The summed E-state index contributed by atoms with van der Waals surface area (Å²) in [6.07, 6.45) is 2.63. The maximum atomic E-state index is 11.3. The minimum absolute atomic E-state index is 0.119. The van der Waals surface area contributed by atoms with Gasteiger partial charge >= 0.3 is 0 Å². The zero-order chi connectivity index (χ0) is 10.1. The summed E-state index contributed by atoms with van der Waals surface area (Å²) < 4.78 is 5.76. The van der Waals surface area contributed by atoms with Gasteiger partial charge in [-0.15, -0.1) is 0 Å². The molecule has 0 amide bonds. The number of hydrogen-bond acceptors (Lipinski definition) is 2. The van der Waals surface area contributed by atoms with Crippen LogP contribution in [0.1, 0.15) is 47.0 Å². The molecule has 1 atom stereocenters. The Morgan fingerprint density at radius 2 is 2.08 bits per heavy atom.